The molecule has 2 rings (SSSR count). The maximum absolute atomic E-state index is 5.52. The summed E-state index contributed by atoms with van der Waals surface area (Å²) < 4.78 is 7.37. The zero-order valence-corrected chi connectivity index (χ0v) is 8.22. The van der Waals surface area contributed by atoms with Gasteiger partial charge in [-0.25, -0.2) is 0 Å². The number of nitrogens with two attached hydrogens (primary N) is 1. The summed E-state index contributed by atoms with van der Waals surface area (Å²) in [6, 6.07) is 0. The molecule has 5 heteroatoms. The number of nitrogens with zero attached hydrogens (tertiary/aromatic N) is 3. The monoisotopic (exact) mass is 196 g/mol. The van der Waals surface area contributed by atoms with Crippen molar-refractivity contribution in [2.24, 2.45) is 5.73 Å². The fourth-order valence-electron chi connectivity index (χ4n) is 1.85. The van der Waals surface area contributed by atoms with Gasteiger partial charge in [-0.2, -0.15) is 0 Å². The van der Waals surface area contributed by atoms with E-state index < -0.39 is 0 Å². The summed E-state index contributed by atoms with van der Waals surface area (Å²) in [4.78, 5) is 0. The van der Waals surface area contributed by atoms with E-state index >= 15 is 0 Å². The average molecular weight is 196 g/mol. The third-order valence-electron chi connectivity index (χ3n) is 2.60. The van der Waals surface area contributed by atoms with Crippen molar-refractivity contribution in [3.05, 3.63) is 12.2 Å². The molecule has 0 aliphatic carbocycles. The Bertz CT molecular complexity index is 280. The Hall–Kier alpha value is -0.940. The number of aromatic nitrogens is 3. The van der Waals surface area contributed by atoms with E-state index in [-0.39, 0.29) is 0 Å². The molecule has 1 aromatic heterocycles. The molecule has 1 aliphatic heterocycles. The van der Waals surface area contributed by atoms with Crippen LogP contribution in [0.4, 0.5) is 0 Å². The Labute approximate surface area is 83.3 Å². The molecule has 14 heavy (non-hydrogen) atoms. The molecule has 1 aliphatic rings. The molecule has 0 saturated carbocycles. The molecular formula is C9H16N4O. The Kier molecular flexibility index (Phi) is 3.10. The van der Waals surface area contributed by atoms with Crippen LogP contribution in [-0.2, 0) is 11.3 Å². The van der Waals surface area contributed by atoms with Crippen LogP contribution >= 0.6 is 0 Å². The zero-order chi connectivity index (χ0) is 9.80. The van der Waals surface area contributed by atoms with Crippen molar-refractivity contribution in [3.63, 3.8) is 0 Å². The lowest BCUT2D eigenvalue weighted by Gasteiger charge is -2.21. The normalized spacial score (nSPS) is 18.6. The van der Waals surface area contributed by atoms with Gasteiger partial charge in [0.25, 0.3) is 0 Å². The van der Waals surface area contributed by atoms with Crippen molar-refractivity contribution >= 4 is 0 Å². The van der Waals surface area contributed by atoms with Crippen LogP contribution in [0.3, 0.4) is 0 Å². The number of hydrogen-bond acceptors (Lipinski definition) is 4. The van der Waals surface area contributed by atoms with Gasteiger partial charge in [0, 0.05) is 32.2 Å². The highest BCUT2D eigenvalue weighted by molar-refractivity contribution is 4.97. The van der Waals surface area contributed by atoms with Crippen LogP contribution in [0, 0.1) is 0 Å². The number of ether oxygens (including phenoxy) is 1. The van der Waals surface area contributed by atoms with Gasteiger partial charge in [-0.05, 0) is 12.8 Å². The van der Waals surface area contributed by atoms with E-state index in [1.54, 1.807) is 6.33 Å². The summed E-state index contributed by atoms with van der Waals surface area (Å²) >= 11 is 0. The van der Waals surface area contributed by atoms with Crippen LogP contribution < -0.4 is 5.73 Å². The Morgan fingerprint density at radius 3 is 3.00 bits per heavy atom. The van der Waals surface area contributed by atoms with Crippen molar-refractivity contribution in [3.8, 4) is 0 Å². The van der Waals surface area contributed by atoms with Gasteiger partial charge in [-0.3, -0.25) is 0 Å². The predicted octanol–water partition coefficient (Wildman–Crippen LogP) is 0.131. The fraction of sp³-hybridized carbons (Fsp3) is 0.778. The lowest BCUT2D eigenvalue weighted by Crippen LogP contribution is -2.19. The Morgan fingerprint density at radius 2 is 2.29 bits per heavy atom. The zero-order valence-electron chi connectivity index (χ0n) is 8.22. The van der Waals surface area contributed by atoms with Crippen LogP contribution in [0.25, 0.3) is 0 Å². The third-order valence-corrected chi connectivity index (χ3v) is 2.60. The smallest absolute Gasteiger partial charge is 0.136 e. The second-order valence-electron chi connectivity index (χ2n) is 3.56. The van der Waals surface area contributed by atoms with Gasteiger partial charge in [0.15, 0.2) is 0 Å². The minimum atomic E-state index is 0.498. The molecular weight excluding hydrogens is 180 g/mol. The van der Waals surface area contributed by atoms with E-state index in [4.69, 9.17) is 10.5 Å². The predicted molar refractivity (Wildman–Crippen MR) is 51.9 cm³/mol. The first-order valence-corrected chi connectivity index (χ1v) is 5.07. The maximum Gasteiger partial charge on any atom is 0.136 e. The number of rotatable bonds is 3. The minimum absolute atomic E-state index is 0.498. The van der Waals surface area contributed by atoms with Crippen molar-refractivity contribution in [2.45, 2.75) is 25.3 Å². The van der Waals surface area contributed by atoms with Crippen molar-refractivity contribution < 1.29 is 4.74 Å². The molecule has 0 spiro atoms. The van der Waals surface area contributed by atoms with Gasteiger partial charge < -0.3 is 15.0 Å². The van der Waals surface area contributed by atoms with Crippen LogP contribution in [0.15, 0.2) is 6.33 Å². The lowest BCUT2D eigenvalue weighted by atomic mass is 9.99. The summed E-state index contributed by atoms with van der Waals surface area (Å²) in [6.45, 7) is 3.11. The molecule has 1 fully saturated rings. The molecule has 5 nitrogen and oxygen atoms in total. The largest absolute Gasteiger partial charge is 0.381 e. The summed E-state index contributed by atoms with van der Waals surface area (Å²) in [7, 11) is 0. The van der Waals surface area contributed by atoms with E-state index in [9.17, 15) is 0 Å². The van der Waals surface area contributed by atoms with Gasteiger partial charge in [0.1, 0.15) is 12.2 Å². The average Bonchev–Trinajstić information content (AvgIpc) is 2.68. The van der Waals surface area contributed by atoms with E-state index in [0.717, 1.165) is 38.4 Å². The van der Waals surface area contributed by atoms with Gasteiger partial charge in [0.05, 0.1) is 0 Å². The van der Waals surface area contributed by atoms with Gasteiger partial charge in [0.2, 0.25) is 0 Å². The van der Waals surface area contributed by atoms with E-state index in [0.29, 0.717) is 12.5 Å². The fourth-order valence-corrected chi connectivity index (χ4v) is 1.85. The van der Waals surface area contributed by atoms with E-state index in [2.05, 4.69) is 14.8 Å². The maximum atomic E-state index is 5.52. The van der Waals surface area contributed by atoms with Crippen molar-refractivity contribution in [1.29, 1.82) is 0 Å². The SMILES string of the molecule is NCCn1cnnc1C1CCOCC1. The third kappa shape index (κ3) is 1.93. The number of hydrogen-bond donors (Lipinski definition) is 1. The molecule has 0 bridgehead atoms. The molecule has 78 valence electrons. The molecule has 0 atom stereocenters. The van der Waals surface area contributed by atoms with Gasteiger partial charge >= 0.3 is 0 Å². The van der Waals surface area contributed by atoms with Gasteiger partial charge in [-0.15, -0.1) is 10.2 Å². The first kappa shape index (κ1) is 9.61. The highest BCUT2D eigenvalue weighted by Gasteiger charge is 2.20. The lowest BCUT2D eigenvalue weighted by molar-refractivity contribution is 0.0827. The molecule has 1 saturated heterocycles. The van der Waals surface area contributed by atoms with E-state index in [1.807, 2.05) is 0 Å². The quantitative estimate of drug-likeness (QED) is 0.746. The molecule has 1 aromatic rings. The minimum Gasteiger partial charge on any atom is -0.381 e. The van der Waals surface area contributed by atoms with Crippen molar-refractivity contribution in [1.82, 2.24) is 14.8 Å². The Morgan fingerprint density at radius 1 is 1.50 bits per heavy atom. The molecule has 0 radical (unpaired) electrons. The second-order valence-corrected chi connectivity index (χ2v) is 3.56. The summed E-state index contributed by atoms with van der Waals surface area (Å²) in [6.07, 6.45) is 3.85. The Balaban J connectivity index is 2.09. The topological polar surface area (TPSA) is 66.0 Å². The van der Waals surface area contributed by atoms with Crippen LogP contribution in [0.2, 0.25) is 0 Å². The summed E-state index contributed by atoms with van der Waals surface area (Å²) in [5.41, 5.74) is 5.52. The van der Waals surface area contributed by atoms with E-state index in [1.165, 1.54) is 0 Å². The van der Waals surface area contributed by atoms with Crippen molar-refractivity contribution in [2.75, 3.05) is 19.8 Å². The van der Waals surface area contributed by atoms with Crippen LogP contribution in [0.1, 0.15) is 24.6 Å². The highest BCUT2D eigenvalue weighted by Crippen LogP contribution is 2.24. The molecule has 0 unspecified atom stereocenters. The second kappa shape index (κ2) is 4.52. The van der Waals surface area contributed by atoms with Crippen LogP contribution in [0.5, 0.6) is 0 Å². The summed E-state index contributed by atoms with van der Waals surface area (Å²) in [5, 5.41) is 8.09. The molecule has 0 aromatic carbocycles. The standard InChI is InChI=1S/C9H16N4O/c10-3-4-13-7-11-12-9(13)8-1-5-14-6-2-8/h7-8H,1-6,10H2. The first-order valence-electron chi connectivity index (χ1n) is 5.07. The molecule has 2 N–H and O–H groups in total. The van der Waals surface area contributed by atoms with Crippen LogP contribution in [-0.4, -0.2) is 34.5 Å². The molecule has 2 heterocycles. The highest BCUT2D eigenvalue weighted by atomic mass is 16.5. The first-order chi connectivity index (χ1) is 6.92. The van der Waals surface area contributed by atoms with Gasteiger partial charge in [-0.1, -0.05) is 0 Å². The summed E-state index contributed by atoms with van der Waals surface area (Å²) in [5.74, 6) is 1.57. The molecule has 0 amide bonds.